The Morgan fingerprint density at radius 3 is 2.73 bits per heavy atom. The predicted octanol–water partition coefficient (Wildman–Crippen LogP) is 3.34. The van der Waals surface area contributed by atoms with Gasteiger partial charge >= 0.3 is 11.9 Å². The first-order chi connectivity index (χ1) is 12.6. The number of aromatic nitrogens is 2. The average molecular weight is 369 g/mol. The summed E-state index contributed by atoms with van der Waals surface area (Å²) in [4.78, 5) is 31.4. The molecule has 2 aromatic carbocycles. The summed E-state index contributed by atoms with van der Waals surface area (Å²) in [5.74, 6) is -1.14. The fourth-order valence-corrected chi connectivity index (χ4v) is 3.05. The number of nitrogens with zero attached hydrogens (tertiary/aromatic N) is 2. The molecule has 8 heteroatoms. The fourth-order valence-electron chi connectivity index (χ4n) is 2.31. The molecule has 3 aromatic rings. The minimum Gasteiger partial charge on any atom is -0.481 e. The third kappa shape index (κ3) is 4.09. The van der Waals surface area contributed by atoms with E-state index in [0.29, 0.717) is 27.7 Å². The highest BCUT2D eigenvalue weighted by Gasteiger charge is 2.11. The molecule has 0 fully saturated rings. The van der Waals surface area contributed by atoms with Crippen LogP contribution in [0, 0.1) is 0 Å². The molecule has 7 nitrogen and oxygen atoms in total. The Labute approximate surface area is 153 Å². The first-order valence-electron chi connectivity index (χ1n) is 7.63. The Bertz CT molecular complexity index is 978. The molecule has 26 heavy (non-hydrogen) atoms. The molecule has 3 rings (SSSR count). The highest BCUT2D eigenvalue weighted by atomic mass is 32.2. The topological polar surface area (TPSA) is 101 Å². The molecule has 0 saturated heterocycles. The molecule has 0 aliphatic heterocycles. The number of ether oxygens (including phenoxy) is 1. The SMILES string of the molecule is COC(=O)c1cccc(Nc2nc(SCC(=O)O)c3ccccc3n2)c1. The van der Waals surface area contributed by atoms with Crippen molar-refractivity contribution in [1.29, 1.82) is 0 Å². The van der Waals surface area contributed by atoms with Crippen molar-refractivity contribution in [2.24, 2.45) is 0 Å². The van der Waals surface area contributed by atoms with Gasteiger partial charge in [-0.3, -0.25) is 4.79 Å². The van der Waals surface area contributed by atoms with Crippen molar-refractivity contribution in [2.45, 2.75) is 5.03 Å². The van der Waals surface area contributed by atoms with Crippen LogP contribution in [-0.4, -0.2) is 39.9 Å². The van der Waals surface area contributed by atoms with E-state index in [-0.39, 0.29) is 5.75 Å². The van der Waals surface area contributed by atoms with Crippen molar-refractivity contribution in [3.63, 3.8) is 0 Å². The van der Waals surface area contributed by atoms with Gasteiger partial charge in [-0.15, -0.1) is 0 Å². The summed E-state index contributed by atoms with van der Waals surface area (Å²) in [6, 6.07) is 14.1. The van der Waals surface area contributed by atoms with E-state index in [4.69, 9.17) is 9.84 Å². The summed E-state index contributed by atoms with van der Waals surface area (Å²) < 4.78 is 4.72. The summed E-state index contributed by atoms with van der Waals surface area (Å²) in [5.41, 5.74) is 1.72. The molecule has 0 unspecified atom stereocenters. The molecule has 132 valence electrons. The zero-order chi connectivity index (χ0) is 18.5. The Balaban J connectivity index is 1.95. The molecule has 0 radical (unpaired) electrons. The molecule has 1 heterocycles. The lowest BCUT2D eigenvalue weighted by atomic mass is 10.2. The number of carboxylic acids is 1. The number of anilines is 2. The van der Waals surface area contributed by atoms with Gasteiger partial charge in [0.15, 0.2) is 0 Å². The number of carboxylic acid groups (broad SMARTS) is 1. The molecule has 0 saturated carbocycles. The summed E-state index contributed by atoms with van der Waals surface area (Å²) in [5, 5.41) is 13.3. The van der Waals surface area contributed by atoms with Gasteiger partial charge in [0.1, 0.15) is 5.03 Å². The van der Waals surface area contributed by atoms with Crippen LogP contribution in [0.2, 0.25) is 0 Å². The maximum atomic E-state index is 11.7. The van der Waals surface area contributed by atoms with Crippen LogP contribution >= 0.6 is 11.8 Å². The summed E-state index contributed by atoms with van der Waals surface area (Å²) in [6.45, 7) is 0. The molecule has 2 N–H and O–H groups in total. The lowest BCUT2D eigenvalue weighted by Crippen LogP contribution is -2.04. The van der Waals surface area contributed by atoms with Crippen molar-refractivity contribution in [2.75, 3.05) is 18.2 Å². The minimum absolute atomic E-state index is 0.0989. The standard InChI is InChI=1S/C18H15N3O4S/c1-25-17(24)11-5-4-6-12(9-11)19-18-20-14-8-3-2-7-13(14)16(21-18)26-10-15(22)23/h2-9H,10H2,1H3,(H,22,23)(H,19,20,21). The Hall–Kier alpha value is -3.13. The van der Waals surface area contributed by atoms with E-state index in [0.717, 1.165) is 17.1 Å². The number of carbonyl (C=O) groups excluding carboxylic acids is 1. The Morgan fingerprint density at radius 2 is 1.96 bits per heavy atom. The second-order valence-electron chi connectivity index (χ2n) is 5.25. The van der Waals surface area contributed by atoms with Crippen molar-refractivity contribution < 1.29 is 19.4 Å². The zero-order valence-electron chi connectivity index (χ0n) is 13.8. The van der Waals surface area contributed by atoms with Gasteiger partial charge in [0.2, 0.25) is 5.95 Å². The van der Waals surface area contributed by atoms with Crippen LogP contribution in [0.25, 0.3) is 10.9 Å². The van der Waals surface area contributed by atoms with E-state index in [9.17, 15) is 9.59 Å². The average Bonchev–Trinajstić information content (AvgIpc) is 2.65. The molecular formula is C18H15N3O4S. The molecule has 0 spiro atoms. The zero-order valence-corrected chi connectivity index (χ0v) is 14.6. The van der Waals surface area contributed by atoms with E-state index < -0.39 is 11.9 Å². The fraction of sp³-hybridized carbons (Fsp3) is 0.111. The van der Waals surface area contributed by atoms with Crippen LogP contribution < -0.4 is 5.32 Å². The molecule has 1 aromatic heterocycles. The van der Waals surface area contributed by atoms with Crippen molar-refractivity contribution >= 4 is 46.2 Å². The Kier molecular flexibility index (Phi) is 5.33. The van der Waals surface area contributed by atoms with Gasteiger partial charge < -0.3 is 15.2 Å². The smallest absolute Gasteiger partial charge is 0.337 e. The van der Waals surface area contributed by atoms with Crippen molar-refractivity contribution in [1.82, 2.24) is 9.97 Å². The van der Waals surface area contributed by atoms with Gasteiger partial charge in [-0.1, -0.05) is 36.0 Å². The monoisotopic (exact) mass is 369 g/mol. The molecular weight excluding hydrogens is 354 g/mol. The number of thioether (sulfide) groups is 1. The number of nitrogens with one attached hydrogen (secondary N) is 1. The van der Waals surface area contributed by atoms with Gasteiger partial charge in [0, 0.05) is 11.1 Å². The third-order valence-electron chi connectivity index (χ3n) is 3.44. The molecule has 0 bridgehead atoms. The van der Waals surface area contributed by atoms with E-state index in [1.165, 1.54) is 7.11 Å². The summed E-state index contributed by atoms with van der Waals surface area (Å²) in [6.07, 6.45) is 0. The number of carbonyl (C=O) groups is 2. The summed E-state index contributed by atoms with van der Waals surface area (Å²) in [7, 11) is 1.32. The number of para-hydroxylation sites is 1. The highest BCUT2D eigenvalue weighted by Crippen LogP contribution is 2.27. The normalized spacial score (nSPS) is 10.5. The van der Waals surface area contributed by atoms with Gasteiger partial charge in [-0.25, -0.2) is 14.8 Å². The van der Waals surface area contributed by atoms with Gasteiger partial charge in [0.05, 0.1) is 23.9 Å². The van der Waals surface area contributed by atoms with Gasteiger partial charge in [-0.2, -0.15) is 0 Å². The molecule has 0 atom stereocenters. The number of esters is 1. The summed E-state index contributed by atoms with van der Waals surface area (Å²) >= 11 is 1.13. The maximum Gasteiger partial charge on any atom is 0.337 e. The van der Waals surface area contributed by atoms with Crippen LogP contribution in [0.5, 0.6) is 0 Å². The quantitative estimate of drug-likeness (QED) is 0.388. The van der Waals surface area contributed by atoms with Crippen LogP contribution in [0.3, 0.4) is 0 Å². The third-order valence-corrected chi connectivity index (χ3v) is 4.42. The molecule has 0 aliphatic carbocycles. The van der Waals surface area contributed by atoms with E-state index in [1.807, 2.05) is 24.3 Å². The number of benzene rings is 2. The second kappa shape index (κ2) is 7.83. The van der Waals surface area contributed by atoms with Crippen LogP contribution in [0.1, 0.15) is 10.4 Å². The van der Waals surface area contributed by atoms with Crippen molar-refractivity contribution in [3.8, 4) is 0 Å². The van der Waals surface area contributed by atoms with Crippen LogP contribution in [-0.2, 0) is 9.53 Å². The number of fused-ring (bicyclic) bond motifs is 1. The van der Waals surface area contributed by atoms with Crippen molar-refractivity contribution in [3.05, 3.63) is 54.1 Å². The minimum atomic E-state index is -0.919. The number of hydrogen-bond donors (Lipinski definition) is 2. The predicted molar refractivity (Wildman–Crippen MR) is 99.0 cm³/mol. The van der Waals surface area contributed by atoms with Crippen LogP contribution in [0.4, 0.5) is 11.6 Å². The number of aliphatic carboxylic acids is 1. The lowest BCUT2D eigenvalue weighted by Gasteiger charge is -2.10. The maximum absolute atomic E-state index is 11.7. The Morgan fingerprint density at radius 1 is 1.15 bits per heavy atom. The van der Waals surface area contributed by atoms with Crippen LogP contribution in [0.15, 0.2) is 53.6 Å². The first-order valence-corrected chi connectivity index (χ1v) is 8.62. The number of hydrogen-bond acceptors (Lipinski definition) is 7. The second-order valence-corrected chi connectivity index (χ2v) is 6.21. The largest absolute Gasteiger partial charge is 0.481 e. The number of methoxy groups -OCH3 is 1. The van der Waals surface area contributed by atoms with E-state index in [2.05, 4.69) is 15.3 Å². The van der Waals surface area contributed by atoms with Gasteiger partial charge in [-0.05, 0) is 24.3 Å². The lowest BCUT2D eigenvalue weighted by molar-refractivity contribution is -0.133. The number of rotatable bonds is 6. The molecule has 0 aliphatic rings. The van der Waals surface area contributed by atoms with E-state index >= 15 is 0 Å². The molecule has 0 amide bonds. The van der Waals surface area contributed by atoms with Gasteiger partial charge in [0.25, 0.3) is 0 Å². The van der Waals surface area contributed by atoms with E-state index in [1.54, 1.807) is 24.3 Å². The first kappa shape index (κ1) is 17.7. The highest BCUT2D eigenvalue weighted by molar-refractivity contribution is 8.00.